The first-order chi connectivity index (χ1) is 16.7. The van der Waals surface area contributed by atoms with Crippen LogP contribution in [0.2, 0.25) is 0 Å². The maximum atomic E-state index is 11.3. The van der Waals surface area contributed by atoms with Crippen LogP contribution in [0.3, 0.4) is 0 Å². The van der Waals surface area contributed by atoms with Crippen molar-refractivity contribution in [1.29, 1.82) is 0 Å². The van der Waals surface area contributed by atoms with Crippen molar-refractivity contribution in [3.63, 3.8) is 0 Å². The Kier molecular flexibility index (Phi) is 35.5. The van der Waals surface area contributed by atoms with Gasteiger partial charge in [0.15, 0.2) is 0 Å². The zero-order chi connectivity index (χ0) is 28.0. The van der Waals surface area contributed by atoms with Gasteiger partial charge in [0.25, 0.3) is 0 Å². The SMILES string of the molecule is O=C(CCCCC(S)CCS)NCCS(=O)(=O)[O-].O=C(CCCCC(S)CCS)NCCS(=O)(=O)[O-].[H-].[Na+].[Zn+2]. The number of rotatable bonds is 20. The molecule has 2 atom stereocenters. The van der Waals surface area contributed by atoms with Crippen LogP contribution >= 0.6 is 50.5 Å². The van der Waals surface area contributed by atoms with E-state index in [-0.39, 0.29) is 75.4 Å². The molecule has 10 nitrogen and oxygen atoms in total. The van der Waals surface area contributed by atoms with Gasteiger partial charge in [0.1, 0.15) is 0 Å². The van der Waals surface area contributed by atoms with Crippen molar-refractivity contribution >= 4 is 82.6 Å². The van der Waals surface area contributed by atoms with Crippen molar-refractivity contribution in [3.05, 3.63) is 0 Å². The molecule has 0 saturated heterocycles. The standard InChI is InChI=1S/2C10H21NO4S3.Na.Zn.H/c2*12-10(11-6-8-18(13,14)15)4-2-1-3-9(17)5-7-16;;;/h2*9,16-17H,1-8H2,(H,11,12)(H,13,14,15);;;/q;;+1;+2;-1/p-2. The van der Waals surface area contributed by atoms with Gasteiger partial charge in [-0.25, -0.2) is 16.8 Å². The molecule has 0 aliphatic rings. The first-order valence-electron chi connectivity index (χ1n) is 11.7. The summed E-state index contributed by atoms with van der Waals surface area (Å²) in [7, 11) is -8.49. The number of unbranched alkanes of at least 4 members (excludes halogenated alkanes) is 2. The van der Waals surface area contributed by atoms with E-state index in [1.54, 1.807) is 0 Å². The van der Waals surface area contributed by atoms with Gasteiger partial charge in [0.2, 0.25) is 11.8 Å². The molecule has 0 saturated carbocycles. The molecule has 2 unspecified atom stereocenters. The summed E-state index contributed by atoms with van der Waals surface area (Å²) in [4.78, 5) is 22.5. The van der Waals surface area contributed by atoms with E-state index in [0.29, 0.717) is 23.3 Å². The third kappa shape index (κ3) is 39.9. The third-order valence-electron chi connectivity index (χ3n) is 4.66. The van der Waals surface area contributed by atoms with E-state index < -0.39 is 31.7 Å². The average Bonchev–Trinajstić information content (AvgIpc) is 2.73. The van der Waals surface area contributed by atoms with E-state index in [4.69, 9.17) is 0 Å². The average molecular weight is 718 g/mol. The van der Waals surface area contributed by atoms with Crippen molar-refractivity contribution < 1.29 is 86.0 Å². The minimum Gasteiger partial charge on any atom is -1.00 e. The molecule has 18 heteroatoms. The largest absolute Gasteiger partial charge is 2.00 e. The number of carbonyl (C=O) groups is 2. The Morgan fingerprint density at radius 1 is 0.684 bits per heavy atom. The van der Waals surface area contributed by atoms with Gasteiger partial charge in [-0.15, -0.1) is 0 Å². The summed E-state index contributed by atoms with van der Waals surface area (Å²) in [6.07, 6.45) is 7.72. The van der Waals surface area contributed by atoms with Crippen LogP contribution in [0.15, 0.2) is 0 Å². The fraction of sp³-hybridized carbons (Fsp3) is 0.900. The van der Waals surface area contributed by atoms with Crippen LogP contribution in [0, 0.1) is 0 Å². The zero-order valence-electron chi connectivity index (χ0n) is 23.0. The fourth-order valence-corrected chi connectivity index (χ4v) is 5.08. The van der Waals surface area contributed by atoms with E-state index in [0.717, 1.165) is 62.9 Å². The fourth-order valence-electron chi connectivity index (χ4n) is 2.73. The molecular formula is C20H41N2NaO8S6Zn. The van der Waals surface area contributed by atoms with Crippen LogP contribution in [-0.4, -0.2) is 84.4 Å². The van der Waals surface area contributed by atoms with Crippen molar-refractivity contribution in [3.8, 4) is 0 Å². The molecule has 0 aromatic heterocycles. The van der Waals surface area contributed by atoms with Crippen LogP contribution in [-0.2, 0) is 49.3 Å². The van der Waals surface area contributed by atoms with E-state index in [1.165, 1.54) is 0 Å². The van der Waals surface area contributed by atoms with Gasteiger partial charge in [-0.05, 0) is 50.0 Å². The zero-order valence-corrected chi connectivity index (χ0v) is 32.2. The predicted molar refractivity (Wildman–Crippen MR) is 156 cm³/mol. The van der Waals surface area contributed by atoms with Crippen molar-refractivity contribution in [2.24, 2.45) is 0 Å². The molecule has 38 heavy (non-hydrogen) atoms. The van der Waals surface area contributed by atoms with Crippen LogP contribution < -0.4 is 40.2 Å². The second-order valence-electron chi connectivity index (χ2n) is 8.05. The van der Waals surface area contributed by atoms with E-state index >= 15 is 0 Å². The van der Waals surface area contributed by atoms with Crippen LogP contribution in [0.4, 0.5) is 0 Å². The number of amides is 2. The molecule has 0 spiro atoms. The maximum Gasteiger partial charge on any atom is 2.00 e. The summed E-state index contributed by atoms with van der Waals surface area (Å²) < 4.78 is 61.7. The number of hydrogen-bond acceptors (Lipinski definition) is 12. The second-order valence-corrected chi connectivity index (χ2v) is 13.4. The van der Waals surface area contributed by atoms with Crippen molar-refractivity contribution in [2.45, 2.75) is 74.7 Å². The molecule has 218 valence electrons. The molecule has 2 N–H and O–H groups in total. The van der Waals surface area contributed by atoms with Crippen molar-refractivity contribution in [1.82, 2.24) is 10.6 Å². The van der Waals surface area contributed by atoms with Crippen LogP contribution in [0.25, 0.3) is 0 Å². The number of thiol groups is 4. The van der Waals surface area contributed by atoms with Gasteiger partial charge in [0, 0.05) is 36.4 Å². The molecule has 0 bridgehead atoms. The van der Waals surface area contributed by atoms with Crippen molar-refractivity contribution in [2.75, 3.05) is 36.1 Å². The van der Waals surface area contributed by atoms with Gasteiger partial charge in [-0.3, -0.25) is 9.59 Å². The van der Waals surface area contributed by atoms with Gasteiger partial charge in [-0.1, -0.05) is 12.8 Å². The van der Waals surface area contributed by atoms with Crippen LogP contribution in [0.5, 0.6) is 0 Å². The molecule has 0 heterocycles. The Morgan fingerprint density at radius 3 is 1.26 bits per heavy atom. The monoisotopic (exact) mass is 716 g/mol. The second kappa shape index (κ2) is 28.9. The Balaban J connectivity index is -0.000000183. The molecule has 0 rings (SSSR count). The number of carbonyl (C=O) groups excluding carboxylic acids is 2. The third-order valence-corrected chi connectivity index (χ3v) is 7.61. The van der Waals surface area contributed by atoms with E-state index in [1.807, 2.05) is 0 Å². The molecular weight excluding hydrogens is 677 g/mol. The summed E-state index contributed by atoms with van der Waals surface area (Å²) in [5.74, 6) is 0.0576. The number of hydrogen-bond donors (Lipinski definition) is 6. The first kappa shape index (κ1) is 46.7. The first-order valence-corrected chi connectivity index (χ1v) is 17.1. The molecule has 0 aliphatic heterocycles. The topological polar surface area (TPSA) is 173 Å². The van der Waals surface area contributed by atoms with Crippen LogP contribution in [0.1, 0.15) is 65.6 Å². The summed E-state index contributed by atoms with van der Waals surface area (Å²) in [6.45, 7) is -0.223. The Bertz CT molecular complexity index is 750. The van der Waals surface area contributed by atoms with Gasteiger partial charge in [0.05, 0.1) is 31.7 Å². The quantitative estimate of drug-likeness (QED) is 0.0393. The normalized spacial score (nSPS) is 12.6. The minimum absolute atomic E-state index is 0. The molecule has 0 aromatic rings. The Hall–Kier alpha value is 1.78. The van der Waals surface area contributed by atoms with E-state index in [9.17, 15) is 35.5 Å². The van der Waals surface area contributed by atoms with Gasteiger partial charge < -0.3 is 21.2 Å². The maximum absolute atomic E-state index is 11.3. The molecule has 0 aromatic carbocycles. The summed E-state index contributed by atoms with van der Waals surface area (Å²) in [6, 6.07) is 0. The minimum atomic E-state index is -4.24. The molecule has 0 radical (unpaired) electrons. The summed E-state index contributed by atoms with van der Waals surface area (Å²) in [5, 5.41) is 5.44. The molecule has 2 amide bonds. The summed E-state index contributed by atoms with van der Waals surface area (Å²) >= 11 is 17.0. The smallest absolute Gasteiger partial charge is 1.00 e. The summed E-state index contributed by atoms with van der Waals surface area (Å²) in [5.41, 5.74) is 0. The molecule has 0 aliphatic carbocycles. The Morgan fingerprint density at radius 2 is 1.00 bits per heavy atom. The Labute approximate surface area is 287 Å². The predicted octanol–water partition coefficient (Wildman–Crippen LogP) is -1.23. The van der Waals surface area contributed by atoms with Gasteiger partial charge in [-0.2, -0.15) is 50.5 Å². The number of nitrogens with one attached hydrogen (secondary N) is 2. The van der Waals surface area contributed by atoms with Gasteiger partial charge >= 0.3 is 49.0 Å². The molecule has 0 fully saturated rings. The van der Waals surface area contributed by atoms with E-state index in [2.05, 4.69) is 61.1 Å².